The Morgan fingerprint density at radius 1 is 1.32 bits per heavy atom. The molecule has 3 rings (SSSR count). The fraction of sp³-hybridized carbons (Fsp3) is 0.700. The molecule has 0 saturated carbocycles. The number of nitrogens with zero attached hydrogens (tertiary/aromatic N) is 1. The first-order valence-electron chi connectivity index (χ1n) is 9.31. The van der Waals surface area contributed by atoms with Gasteiger partial charge in [-0.15, -0.1) is 0 Å². The summed E-state index contributed by atoms with van der Waals surface area (Å²) in [7, 11) is 3.85. The van der Waals surface area contributed by atoms with E-state index in [1.165, 1.54) is 11.1 Å². The maximum atomic E-state index is 10.2. The zero-order valence-corrected chi connectivity index (χ0v) is 15.8. The molecule has 0 aromatic heterocycles. The average Bonchev–Trinajstić information content (AvgIpc) is 3.11. The second-order valence-corrected chi connectivity index (χ2v) is 8.06. The van der Waals surface area contributed by atoms with Crippen LogP contribution in [0.5, 0.6) is 5.75 Å². The lowest BCUT2D eigenvalue weighted by Crippen LogP contribution is -2.51. The molecule has 0 spiro atoms. The fourth-order valence-corrected chi connectivity index (χ4v) is 4.84. The van der Waals surface area contributed by atoms with Gasteiger partial charge in [-0.3, -0.25) is 0 Å². The smallest absolute Gasteiger partial charge is 0.123 e. The highest BCUT2D eigenvalue weighted by Gasteiger charge is 2.56. The first-order valence-corrected chi connectivity index (χ1v) is 9.31. The molecule has 2 heterocycles. The van der Waals surface area contributed by atoms with Crippen LogP contribution in [0.4, 0.5) is 0 Å². The molecule has 2 fully saturated rings. The van der Waals surface area contributed by atoms with Crippen molar-refractivity contribution in [1.82, 2.24) is 10.2 Å². The van der Waals surface area contributed by atoms with Gasteiger partial charge in [-0.25, -0.2) is 0 Å². The number of benzene rings is 1. The van der Waals surface area contributed by atoms with Gasteiger partial charge < -0.3 is 25.2 Å². The van der Waals surface area contributed by atoms with E-state index in [1.807, 2.05) is 0 Å². The van der Waals surface area contributed by atoms with Crippen molar-refractivity contribution >= 4 is 0 Å². The topological polar surface area (TPSA) is 65.0 Å². The molecule has 0 bridgehead atoms. The van der Waals surface area contributed by atoms with E-state index >= 15 is 0 Å². The molecule has 3 N–H and O–H groups in total. The van der Waals surface area contributed by atoms with Crippen LogP contribution in [0.2, 0.25) is 0 Å². The first kappa shape index (κ1) is 18.6. The minimum absolute atomic E-state index is 0.0469. The molecule has 2 aliphatic rings. The molecule has 2 saturated heterocycles. The van der Waals surface area contributed by atoms with Crippen LogP contribution < -0.4 is 10.1 Å². The van der Waals surface area contributed by atoms with Crippen molar-refractivity contribution in [2.75, 3.05) is 40.5 Å². The van der Waals surface area contributed by atoms with Gasteiger partial charge in [-0.2, -0.15) is 0 Å². The quantitative estimate of drug-likeness (QED) is 0.731. The van der Waals surface area contributed by atoms with Crippen LogP contribution in [0.15, 0.2) is 18.2 Å². The molecule has 0 unspecified atom stereocenters. The van der Waals surface area contributed by atoms with Gasteiger partial charge in [-0.1, -0.05) is 26.0 Å². The third-order valence-corrected chi connectivity index (χ3v) is 6.22. The molecule has 5 heteroatoms. The van der Waals surface area contributed by atoms with Gasteiger partial charge >= 0.3 is 0 Å². The number of nitrogens with one attached hydrogen (secondary N) is 1. The van der Waals surface area contributed by atoms with Crippen molar-refractivity contribution < 1.29 is 14.9 Å². The number of aliphatic hydroxyl groups excluding tert-OH is 2. The van der Waals surface area contributed by atoms with E-state index in [0.717, 1.165) is 18.8 Å². The van der Waals surface area contributed by atoms with Crippen LogP contribution in [0.25, 0.3) is 0 Å². The van der Waals surface area contributed by atoms with Crippen molar-refractivity contribution in [2.24, 2.45) is 11.8 Å². The van der Waals surface area contributed by atoms with Crippen LogP contribution in [0.3, 0.4) is 0 Å². The normalized spacial score (nSPS) is 32.4. The summed E-state index contributed by atoms with van der Waals surface area (Å²) in [6.07, 6.45) is 0.571. The number of hydrogen-bond donors (Lipinski definition) is 3. The molecule has 25 heavy (non-hydrogen) atoms. The summed E-state index contributed by atoms with van der Waals surface area (Å²) < 4.78 is 5.66. The number of aliphatic hydroxyl groups is 2. The van der Waals surface area contributed by atoms with E-state index in [-0.39, 0.29) is 19.3 Å². The largest absolute Gasteiger partial charge is 0.496 e. The van der Waals surface area contributed by atoms with E-state index in [1.54, 1.807) is 7.11 Å². The Labute approximate surface area is 151 Å². The summed E-state index contributed by atoms with van der Waals surface area (Å²) in [5.41, 5.74) is 2.05. The zero-order chi connectivity index (χ0) is 18.2. The maximum Gasteiger partial charge on any atom is 0.123 e. The number of rotatable bonds is 6. The summed E-state index contributed by atoms with van der Waals surface area (Å²) in [5.74, 6) is 2.08. The lowest BCUT2D eigenvalue weighted by Gasteiger charge is -2.34. The minimum Gasteiger partial charge on any atom is -0.496 e. The van der Waals surface area contributed by atoms with Crippen molar-refractivity contribution in [1.29, 1.82) is 0 Å². The van der Waals surface area contributed by atoms with E-state index in [9.17, 15) is 10.2 Å². The number of fused-ring (bicyclic) bond motifs is 1. The molecular weight excluding hydrogens is 316 g/mol. The van der Waals surface area contributed by atoms with Gasteiger partial charge in [0.2, 0.25) is 0 Å². The van der Waals surface area contributed by atoms with Crippen LogP contribution in [-0.2, 0) is 0 Å². The number of hydrogen-bond acceptors (Lipinski definition) is 5. The molecule has 1 aromatic carbocycles. The van der Waals surface area contributed by atoms with Crippen LogP contribution in [0, 0.1) is 11.8 Å². The Bertz CT molecular complexity index is 607. The first-order chi connectivity index (χ1) is 12.0. The Hall–Kier alpha value is -1.14. The summed E-state index contributed by atoms with van der Waals surface area (Å²) in [5, 5.41) is 23.5. The highest BCUT2D eigenvalue weighted by atomic mass is 16.5. The van der Waals surface area contributed by atoms with Crippen molar-refractivity contribution in [3.63, 3.8) is 0 Å². The monoisotopic (exact) mass is 348 g/mol. The maximum absolute atomic E-state index is 10.2. The minimum atomic E-state index is -0.423. The predicted molar refractivity (Wildman–Crippen MR) is 99.0 cm³/mol. The molecule has 2 aliphatic heterocycles. The van der Waals surface area contributed by atoms with Gasteiger partial charge in [0.05, 0.1) is 13.7 Å². The molecule has 0 aliphatic carbocycles. The van der Waals surface area contributed by atoms with E-state index in [0.29, 0.717) is 24.2 Å². The Balaban J connectivity index is 2.03. The van der Waals surface area contributed by atoms with Crippen LogP contribution in [0.1, 0.15) is 43.4 Å². The number of ether oxygens (including phenoxy) is 1. The Morgan fingerprint density at radius 3 is 2.68 bits per heavy atom. The van der Waals surface area contributed by atoms with E-state index < -0.39 is 5.54 Å². The lowest BCUT2D eigenvalue weighted by atomic mass is 9.78. The average molecular weight is 348 g/mol. The highest BCUT2D eigenvalue weighted by Crippen LogP contribution is 2.49. The van der Waals surface area contributed by atoms with Crippen molar-refractivity contribution in [3.05, 3.63) is 29.3 Å². The summed E-state index contributed by atoms with van der Waals surface area (Å²) in [6, 6.07) is 6.57. The molecule has 0 radical (unpaired) electrons. The Morgan fingerprint density at radius 2 is 2.08 bits per heavy atom. The van der Waals surface area contributed by atoms with Crippen molar-refractivity contribution in [3.8, 4) is 5.75 Å². The summed E-state index contributed by atoms with van der Waals surface area (Å²) >= 11 is 0. The molecule has 0 amide bonds. The lowest BCUT2D eigenvalue weighted by molar-refractivity contribution is 0.0993. The molecule has 4 atom stereocenters. The van der Waals surface area contributed by atoms with Gasteiger partial charge in [0.25, 0.3) is 0 Å². The van der Waals surface area contributed by atoms with E-state index in [4.69, 9.17) is 4.74 Å². The van der Waals surface area contributed by atoms with Gasteiger partial charge in [-0.05, 0) is 42.9 Å². The molecule has 5 nitrogen and oxygen atoms in total. The SMILES string of the molecule is COc1ccc(C(C)C)cc1[C@H]1N[C@](CO)(CCO)[C@H]2CN(C)C[C@@H]12. The number of methoxy groups -OCH3 is 1. The van der Waals surface area contributed by atoms with Crippen molar-refractivity contribution in [2.45, 2.75) is 37.8 Å². The van der Waals surface area contributed by atoms with Gasteiger partial charge in [0.1, 0.15) is 5.75 Å². The molecule has 140 valence electrons. The second-order valence-electron chi connectivity index (χ2n) is 8.06. The molecule has 1 aromatic rings. The Kier molecular flexibility index (Phi) is 5.40. The predicted octanol–water partition coefficient (Wildman–Crippen LogP) is 1.75. The standard InChI is InChI=1S/C20H32N2O3/c1-13(2)14-5-6-18(25-4)15(9-14)19-16-10-22(3)11-17(16)20(12-24,21-19)7-8-23/h5-6,9,13,16-17,19,21,23-24H,7-8,10-12H2,1-4H3/t16-,17+,19-,20+/m1/s1. The zero-order valence-electron chi connectivity index (χ0n) is 15.8. The van der Waals surface area contributed by atoms with Gasteiger partial charge in [0, 0.05) is 36.8 Å². The highest BCUT2D eigenvalue weighted by molar-refractivity contribution is 5.42. The number of likely N-dealkylation sites (tertiary alicyclic amines) is 1. The summed E-state index contributed by atoms with van der Waals surface area (Å²) in [4.78, 5) is 2.34. The second kappa shape index (κ2) is 7.23. The molecular formula is C20H32N2O3. The third kappa shape index (κ3) is 3.19. The summed E-state index contributed by atoms with van der Waals surface area (Å²) in [6.45, 7) is 6.46. The third-order valence-electron chi connectivity index (χ3n) is 6.22. The fourth-order valence-electron chi connectivity index (χ4n) is 4.84. The van der Waals surface area contributed by atoms with Crippen LogP contribution >= 0.6 is 0 Å². The van der Waals surface area contributed by atoms with Crippen LogP contribution in [-0.4, -0.2) is 61.1 Å². The van der Waals surface area contributed by atoms with E-state index in [2.05, 4.69) is 49.3 Å². The van der Waals surface area contributed by atoms with Gasteiger partial charge in [0.15, 0.2) is 0 Å².